The third-order valence-electron chi connectivity index (χ3n) is 3.81. The molecule has 112 valence electrons. The van der Waals surface area contributed by atoms with E-state index in [0.29, 0.717) is 32.6 Å². The van der Waals surface area contributed by atoms with Crippen molar-refractivity contribution in [2.75, 3.05) is 31.1 Å². The number of carbonyl (C=O) groups excluding carboxylic acids is 1. The van der Waals surface area contributed by atoms with Crippen molar-refractivity contribution in [2.45, 2.75) is 19.8 Å². The van der Waals surface area contributed by atoms with E-state index in [-0.39, 0.29) is 11.7 Å². The SMILES string of the molecule is CCCC(C#N)C(=O)N1CCN(c2ccc(F)cc2)CC1. The summed E-state index contributed by atoms with van der Waals surface area (Å²) in [5.41, 5.74) is 0.967. The second kappa shape index (κ2) is 7.07. The van der Waals surface area contributed by atoms with Crippen LogP contribution < -0.4 is 4.90 Å². The third-order valence-corrected chi connectivity index (χ3v) is 3.81. The van der Waals surface area contributed by atoms with Crippen LogP contribution in [0.1, 0.15) is 19.8 Å². The molecule has 1 aliphatic rings. The van der Waals surface area contributed by atoms with E-state index in [1.165, 1.54) is 12.1 Å². The molecular weight excluding hydrogens is 269 g/mol. The second-order valence-electron chi connectivity index (χ2n) is 5.26. The highest BCUT2D eigenvalue weighted by Gasteiger charge is 2.26. The smallest absolute Gasteiger partial charge is 0.240 e. The first-order valence-electron chi connectivity index (χ1n) is 7.34. The van der Waals surface area contributed by atoms with Crippen molar-refractivity contribution in [2.24, 2.45) is 5.92 Å². The van der Waals surface area contributed by atoms with E-state index in [1.54, 1.807) is 17.0 Å². The van der Waals surface area contributed by atoms with Crippen molar-refractivity contribution in [1.29, 1.82) is 5.26 Å². The predicted molar refractivity (Wildman–Crippen MR) is 79.2 cm³/mol. The third kappa shape index (κ3) is 3.72. The Morgan fingerprint density at radius 1 is 1.29 bits per heavy atom. The van der Waals surface area contributed by atoms with Gasteiger partial charge in [-0.15, -0.1) is 0 Å². The van der Waals surface area contributed by atoms with E-state index in [9.17, 15) is 9.18 Å². The lowest BCUT2D eigenvalue weighted by atomic mass is 10.0. The lowest BCUT2D eigenvalue weighted by molar-refractivity contribution is -0.134. The Kier molecular flexibility index (Phi) is 5.15. The number of hydrogen-bond acceptors (Lipinski definition) is 3. The van der Waals surface area contributed by atoms with Gasteiger partial charge in [-0.25, -0.2) is 4.39 Å². The average molecular weight is 289 g/mol. The summed E-state index contributed by atoms with van der Waals surface area (Å²) in [7, 11) is 0. The zero-order valence-corrected chi connectivity index (χ0v) is 12.3. The van der Waals surface area contributed by atoms with Gasteiger partial charge in [0.15, 0.2) is 0 Å². The Morgan fingerprint density at radius 2 is 1.90 bits per heavy atom. The second-order valence-corrected chi connectivity index (χ2v) is 5.26. The van der Waals surface area contributed by atoms with Crippen LogP contribution in [0.2, 0.25) is 0 Å². The van der Waals surface area contributed by atoms with Gasteiger partial charge in [-0.05, 0) is 30.7 Å². The molecule has 1 fully saturated rings. The fourth-order valence-corrected chi connectivity index (χ4v) is 2.59. The molecule has 21 heavy (non-hydrogen) atoms. The van der Waals surface area contributed by atoms with Crippen molar-refractivity contribution >= 4 is 11.6 Å². The molecule has 5 heteroatoms. The monoisotopic (exact) mass is 289 g/mol. The van der Waals surface area contributed by atoms with Gasteiger partial charge in [-0.1, -0.05) is 13.3 Å². The summed E-state index contributed by atoms with van der Waals surface area (Å²) in [6, 6.07) is 8.50. The number of nitrogens with zero attached hydrogens (tertiary/aromatic N) is 3. The number of rotatable bonds is 4. The van der Waals surface area contributed by atoms with Crippen LogP contribution in [0, 0.1) is 23.1 Å². The van der Waals surface area contributed by atoms with Crippen molar-refractivity contribution in [1.82, 2.24) is 4.90 Å². The molecule has 0 spiro atoms. The standard InChI is InChI=1S/C16H20FN3O/c1-2-3-13(12-18)16(21)20-10-8-19(9-11-20)15-6-4-14(17)5-7-15/h4-7,13H,2-3,8-11H2,1H3. The molecule has 2 rings (SSSR count). The first-order chi connectivity index (χ1) is 10.2. The largest absolute Gasteiger partial charge is 0.368 e. The van der Waals surface area contributed by atoms with E-state index in [2.05, 4.69) is 11.0 Å². The summed E-state index contributed by atoms with van der Waals surface area (Å²) >= 11 is 0. The van der Waals surface area contributed by atoms with Crippen LogP contribution in [-0.2, 0) is 4.79 Å². The topological polar surface area (TPSA) is 47.3 Å². The Bertz CT molecular complexity index is 515. The van der Waals surface area contributed by atoms with Gasteiger partial charge in [0.25, 0.3) is 0 Å². The predicted octanol–water partition coefficient (Wildman–Crippen LogP) is 2.41. The molecule has 1 aliphatic heterocycles. The maximum atomic E-state index is 12.9. The van der Waals surface area contributed by atoms with Gasteiger partial charge in [-0.2, -0.15) is 5.26 Å². The van der Waals surface area contributed by atoms with Crippen LogP contribution in [0.4, 0.5) is 10.1 Å². The van der Waals surface area contributed by atoms with Crippen molar-refractivity contribution in [3.8, 4) is 6.07 Å². The molecule has 0 aromatic heterocycles. The number of hydrogen-bond donors (Lipinski definition) is 0. The molecule has 1 saturated heterocycles. The summed E-state index contributed by atoms with van der Waals surface area (Å²) in [6.07, 6.45) is 1.45. The molecule has 0 saturated carbocycles. The molecule has 0 aliphatic carbocycles. The summed E-state index contributed by atoms with van der Waals surface area (Å²) in [6.45, 7) is 4.61. The van der Waals surface area contributed by atoms with E-state index in [1.807, 2.05) is 6.92 Å². The number of piperazine rings is 1. The molecule has 1 aromatic carbocycles. The molecule has 1 aromatic rings. The fraction of sp³-hybridized carbons (Fsp3) is 0.500. The maximum absolute atomic E-state index is 12.9. The van der Waals surface area contributed by atoms with Crippen LogP contribution in [-0.4, -0.2) is 37.0 Å². The zero-order valence-electron chi connectivity index (χ0n) is 12.3. The molecular formula is C16H20FN3O. The molecule has 0 bridgehead atoms. The number of nitriles is 1. The molecule has 0 N–H and O–H groups in total. The lowest BCUT2D eigenvalue weighted by Crippen LogP contribution is -2.50. The number of amides is 1. The Hall–Kier alpha value is -2.09. The molecule has 1 amide bonds. The first-order valence-corrected chi connectivity index (χ1v) is 7.34. The highest BCUT2D eigenvalue weighted by atomic mass is 19.1. The van der Waals surface area contributed by atoms with E-state index in [4.69, 9.17) is 5.26 Å². The summed E-state index contributed by atoms with van der Waals surface area (Å²) in [5, 5.41) is 9.07. The molecule has 1 unspecified atom stereocenters. The zero-order chi connectivity index (χ0) is 15.2. The minimum absolute atomic E-state index is 0.0573. The van der Waals surface area contributed by atoms with Crippen LogP contribution in [0.3, 0.4) is 0 Å². The van der Waals surface area contributed by atoms with E-state index in [0.717, 1.165) is 12.1 Å². The van der Waals surface area contributed by atoms with Gasteiger partial charge < -0.3 is 9.80 Å². The Balaban J connectivity index is 1.92. The molecule has 1 atom stereocenters. The van der Waals surface area contributed by atoms with Gasteiger partial charge in [0.2, 0.25) is 5.91 Å². The highest BCUT2D eigenvalue weighted by Crippen LogP contribution is 2.18. The molecule has 1 heterocycles. The summed E-state index contributed by atoms with van der Waals surface area (Å²) in [4.78, 5) is 16.1. The molecule has 0 radical (unpaired) electrons. The minimum Gasteiger partial charge on any atom is -0.368 e. The average Bonchev–Trinajstić information content (AvgIpc) is 2.53. The Morgan fingerprint density at radius 3 is 2.43 bits per heavy atom. The van der Waals surface area contributed by atoms with Gasteiger partial charge in [0.1, 0.15) is 11.7 Å². The van der Waals surface area contributed by atoms with E-state index >= 15 is 0 Å². The number of benzene rings is 1. The summed E-state index contributed by atoms with van der Waals surface area (Å²) in [5.74, 6) is -0.825. The maximum Gasteiger partial charge on any atom is 0.240 e. The Labute approximate surface area is 124 Å². The number of halogens is 1. The van der Waals surface area contributed by atoms with Crippen molar-refractivity contribution in [3.63, 3.8) is 0 Å². The van der Waals surface area contributed by atoms with Crippen molar-refractivity contribution < 1.29 is 9.18 Å². The summed E-state index contributed by atoms with van der Waals surface area (Å²) < 4.78 is 12.9. The number of carbonyl (C=O) groups is 1. The minimum atomic E-state index is -0.521. The normalized spacial score (nSPS) is 16.4. The van der Waals surface area contributed by atoms with Crippen LogP contribution in [0.15, 0.2) is 24.3 Å². The highest BCUT2D eigenvalue weighted by molar-refractivity contribution is 5.81. The van der Waals surface area contributed by atoms with Gasteiger partial charge in [-0.3, -0.25) is 4.79 Å². The number of anilines is 1. The van der Waals surface area contributed by atoms with Crippen LogP contribution in [0.25, 0.3) is 0 Å². The van der Waals surface area contributed by atoms with Gasteiger partial charge >= 0.3 is 0 Å². The van der Waals surface area contributed by atoms with Gasteiger partial charge in [0.05, 0.1) is 6.07 Å². The lowest BCUT2D eigenvalue weighted by Gasteiger charge is -2.36. The van der Waals surface area contributed by atoms with Crippen LogP contribution in [0.5, 0.6) is 0 Å². The molecule has 4 nitrogen and oxygen atoms in total. The fourth-order valence-electron chi connectivity index (χ4n) is 2.59. The quantitative estimate of drug-likeness (QED) is 0.855. The first kappa shape index (κ1) is 15.3. The van der Waals surface area contributed by atoms with E-state index < -0.39 is 5.92 Å². The van der Waals surface area contributed by atoms with Crippen molar-refractivity contribution in [3.05, 3.63) is 30.1 Å². The van der Waals surface area contributed by atoms with Crippen LogP contribution >= 0.6 is 0 Å². The van der Waals surface area contributed by atoms with Gasteiger partial charge in [0, 0.05) is 31.9 Å².